The molecule has 1 heterocycles. The van der Waals surface area contributed by atoms with Gasteiger partial charge in [0.25, 0.3) is 5.91 Å². The van der Waals surface area contributed by atoms with Crippen LogP contribution in [0.3, 0.4) is 0 Å². The Balaban J connectivity index is 1.59. The van der Waals surface area contributed by atoms with Crippen molar-refractivity contribution in [1.82, 2.24) is 15.1 Å². The molecule has 2 saturated carbocycles. The molecule has 0 unspecified atom stereocenters. The van der Waals surface area contributed by atoms with Crippen molar-refractivity contribution >= 4 is 23.5 Å². The lowest BCUT2D eigenvalue weighted by molar-refractivity contribution is -0.120. The van der Waals surface area contributed by atoms with Gasteiger partial charge in [0.15, 0.2) is 5.75 Å². The standard InChI is InChI=1S/C30H46N4O5/c1-20-17-34(21(2)19-35)29(37)24-15-10-16-25(32-28(36)22-11-6-4-7-12-22)27(24)39-26(20)18-33(3)30(38)31-23-13-8-5-9-14-23/h10,15-16,20-23,26,35H,4-9,11-14,17-19H2,1-3H3,(H,31,38)(H,32,36)/t20-,21-,26+/m0/s1. The van der Waals surface area contributed by atoms with Gasteiger partial charge in [0.05, 0.1) is 30.4 Å². The second-order valence-electron chi connectivity index (χ2n) is 11.8. The maximum atomic E-state index is 13.7. The number of nitrogens with one attached hydrogen (secondary N) is 2. The van der Waals surface area contributed by atoms with Crippen molar-refractivity contribution in [2.45, 2.75) is 96.2 Å². The Bertz CT molecular complexity index is 1010. The van der Waals surface area contributed by atoms with E-state index in [1.807, 2.05) is 13.8 Å². The van der Waals surface area contributed by atoms with Gasteiger partial charge < -0.3 is 30.3 Å². The molecule has 9 nitrogen and oxygen atoms in total. The summed E-state index contributed by atoms with van der Waals surface area (Å²) in [5, 5.41) is 16.1. The number of urea groups is 1. The highest BCUT2D eigenvalue weighted by Crippen LogP contribution is 2.36. The molecule has 1 aromatic carbocycles. The Morgan fingerprint density at radius 1 is 1.10 bits per heavy atom. The number of amides is 4. The van der Waals surface area contributed by atoms with E-state index in [1.54, 1.807) is 35.0 Å². The molecule has 2 fully saturated rings. The fraction of sp³-hybridized carbons (Fsp3) is 0.700. The zero-order chi connectivity index (χ0) is 27.9. The fourth-order valence-electron chi connectivity index (χ4n) is 6.04. The number of ether oxygens (including phenoxy) is 1. The predicted molar refractivity (Wildman–Crippen MR) is 151 cm³/mol. The van der Waals surface area contributed by atoms with E-state index in [0.29, 0.717) is 30.1 Å². The van der Waals surface area contributed by atoms with Crippen LogP contribution in [-0.4, -0.2) is 77.7 Å². The molecular weight excluding hydrogens is 496 g/mol. The first-order valence-corrected chi connectivity index (χ1v) is 14.8. The molecule has 0 spiro atoms. The largest absolute Gasteiger partial charge is 0.485 e. The summed E-state index contributed by atoms with van der Waals surface area (Å²) >= 11 is 0. The molecule has 1 aliphatic heterocycles. The molecule has 2 aliphatic carbocycles. The average Bonchev–Trinajstić information content (AvgIpc) is 2.95. The summed E-state index contributed by atoms with van der Waals surface area (Å²) < 4.78 is 6.57. The molecule has 0 saturated heterocycles. The van der Waals surface area contributed by atoms with Gasteiger partial charge in [0.1, 0.15) is 6.10 Å². The van der Waals surface area contributed by atoms with E-state index >= 15 is 0 Å². The van der Waals surface area contributed by atoms with E-state index in [4.69, 9.17) is 4.74 Å². The van der Waals surface area contributed by atoms with Gasteiger partial charge >= 0.3 is 6.03 Å². The molecule has 0 aromatic heterocycles. The Morgan fingerprint density at radius 3 is 2.44 bits per heavy atom. The zero-order valence-corrected chi connectivity index (χ0v) is 23.8. The number of hydrogen-bond acceptors (Lipinski definition) is 5. The smallest absolute Gasteiger partial charge is 0.317 e. The van der Waals surface area contributed by atoms with Crippen molar-refractivity contribution in [3.05, 3.63) is 23.8 Å². The van der Waals surface area contributed by atoms with Gasteiger partial charge in [-0.05, 0) is 44.7 Å². The van der Waals surface area contributed by atoms with Crippen molar-refractivity contribution in [3.63, 3.8) is 0 Å². The maximum Gasteiger partial charge on any atom is 0.317 e. The van der Waals surface area contributed by atoms with E-state index in [1.165, 1.54) is 6.42 Å². The predicted octanol–water partition coefficient (Wildman–Crippen LogP) is 4.40. The number of fused-ring (bicyclic) bond motifs is 1. The fourth-order valence-corrected chi connectivity index (χ4v) is 6.04. The highest BCUT2D eigenvalue weighted by molar-refractivity contribution is 6.02. The molecule has 4 amide bonds. The van der Waals surface area contributed by atoms with Crippen LogP contribution in [0.4, 0.5) is 10.5 Å². The summed E-state index contributed by atoms with van der Waals surface area (Å²) in [7, 11) is 1.77. The summed E-state index contributed by atoms with van der Waals surface area (Å²) in [4.78, 5) is 43.2. The van der Waals surface area contributed by atoms with Gasteiger partial charge in [-0.15, -0.1) is 0 Å². The number of aliphatic hydroxyl groups is 1. The summed E-state index contributed by atoms with van der Waals surface area (Å²) in [5.74, 6) is -0.138. The number of anilines is 1. The molecule has 3 aliphatic rings. The van der Waals surface area contributed by atoms with Crippen LogP contribution in [0.15, 0.2) is 18.2 Å². The van der Waals surface area contributed by atoms with Crippen molar-refractivity contribution < 1.29 is 24.2 Å². The van der Waals surface area contributed by atoms with Gasteiger partial charge in [-0.1, -0.05) is 51.5 Å². The lowest BCUT2D eigenvalue weighted by Crippen LogP contribution is -2.52. The third-order valence-electron chi connectivity index (χ3n) is 8.66. The molecule has 9 heteroatoms. The van der Waals surface area contributed by atoms with Crippen LogP contribution in [0.2, 0.25) is 0 Å². The summed E-state index contributed by atoms with van der Waals surface area (Å²) in [6.45, 7) is 4.35. The van der Waals surface area contributed by atoms with E-state index in [2.05, 4.69) is 10.6 Å². The van der Waals surface area contributed by atoms with Crippen LogP contribution in [-0.2, 0) is 4.79 Å². The number of rotatable bonds is 7. The maximum absolute atomic E-state index is 13.7. The number of nitrogens with zero attached hydrogens (tertiary/aromatic N) is 2. The normalized spacial score (nSPS) is 23.6. The Hall–Kier alpha value is -2.81. The van der Waals surface area contributed by atoms with Crippen LogP contribution in [0.25, 0.3) is 0 Å². The number of hydrogen-bond donors (Lipinski definition) is 3. The molecule has 3 N–H and O–H groups in total. The second kappa shape index (κ2) is 13.5. The second-order valence-corrected chi connectivity index (χ2v) is 11.8. The van der Waals surface area contributed by atoms with Gasteiger partial charge in [-0.25, -0.2) is 4.79 Å². The first-order valence-electron chi connectivity index (χ1n) is 14.8. The van der Waals surface area contributed by atoms with E-state index in [-0.39, 0.29) is 48.4 Å². The molecule has 216 valence electrons. The average molecular weight is 543 g/mol. The molecule has 4 rings (SSSR count). The number of benzene rings is 1. The van der Waals surface area contributed by atoms with Crippen LogP contribution >= 0.6 is 0 Å². The summed E-state index contributed by atoms with van der Waals surface area (Å²) in [6.07, 6.45) is 10.0. The number of aliphatic hydroxyl groups excluding tert-OH is 1. The first-order chi connectivity index (χ1) is 18.8. The number of para-hydroxylation sites is 1. The number of likely N-dealkylation sites (N-methyl/N-ethyl adjacent to an activating group) is 1. The Kier molecular flexibility index (Phi) is 10.1. The minimum absolute atomic E-state index is 0.0460. The van der Waals surface area contributed by atoms with Gasteiger partial charge in [-0.2, -0.15) is 0 Å². The van der Waals surface area contributed by atoms with E-state index < -0.39 is 6.10 Å². The van der Waals surface area contributed by atoms with Gasteiger partial charge in [-0.3, -0.25) is 9.59 Å². The van der Waals surface area contributed by atoms with Crippen molar-refractivity contribution in [2.75, 3.05) is 32.1 Å². The third-order valence-corrected chi connectivity index (χ3v) is 8.66. The van der Waals surface area contributed by atoms with Gasteiger partial charge in [0, 0.05) is 31.5 Å². The molecule has 3 atom stereocenters. The summed E-state index contributed by atoms with van der Waals surface area (Å²) in [6, 6.07) is 4.91. The SMILES string of the molecule is C[C@H]1CN([C@@H](C)CO)C(=O)c2cccc(NC(=O)C3CCCCC3)c2O[C@@H]1CN(C)C(=O)NC1CCCCC1. The highest BCUT2D eigenvalue weighted by Gasteiger charge is 2.35. The van der Waals surface area contributed by atoms with Crippen molar-refractivity contribution in [3.8, 4) is 5.75 Å². The van der Waals surface area contributed by atoms with Crippen LogP contribution in [0, 0.1) is 11.8 Å². The molecule has 0 radical (unpaired) electrons. The van der Waals surface area contributed by atoms with Gasteiger partial charge in [0.2, 0.25) is 5.91 Å². The van der Waals surface area contributed by atoms with Crippen LogP contribution < -0.4 is 15.4 Å². The van der Waals surface area contributed by atoms with E-state index in [9.17, 15) is 19.5 Å². The molecule has 1 aromatic rings. The molecular formula is C30H46N4O5. The van der Waals surface area contributed by atoms with E-state index in [0.717, 1.165) is 57.8 Å². The Morgan fingerprint density at radius 2 is 1.77 bits per heavy atom. The minimum atomic E-state index is -0.430. The zero-order valence-electron chi connectivity index (χ0n) is 23.8. The number of carbonyl (C=O) groups is 3. The van der Waals surface area contributed by atoms with Crippen molar-refractivity contribution in [1.29, 1.82) is 0 Å². The third kappa shape index (κ3) is 7.24. The molecule has 39 heavy (non-hydrogen) atoms. The van der Waals surface area contributed by atoms with Crippen molar-refractivity contribution in [2.24, 2.45) is 11.8 Å². The number of carbonyl (C=O) groups excluding carboxylic acids is 3. The first kappa shape index (κ1) is 29.2. The quantitative estimate of drug-likeness (QED) is 0.473. The minimum Gasteiger partial charge on any atom is -0.485 e. The lowest BCUT2D eigenvalue weighted by atomic mass is 9.88. The Labute approximate surface area is 232 Å². The van der Waals surface area contributed by atoms with Crippen LogP contribution in [0.5, 0.6) is 5.75 Å². The lowest BCUT2D eigenvalue weighted by Gasteiger charge is -2.38. The highest BCUT2D eigenvalue weighted by atomic mass is 16.5. The van der Waals surface area contributed by atoms with Crippen LogP contribution in [0.1, 0.15) is 88.4 Å². The molecule has 0 bridgehead atoms. The summed E-state index contributed by atoms with van der Waals surface area (Å²) in [5.41, 5.74) is 0.824. The monoisotopic (exact) mass is 542 g/mol. The topological polar surface area (TPSA) is 111 Å².